The molecule has 0 N–H and O–H groups in total. The minimum Gasteiger partial charge on any atom is -0.462 e. The molecule has 0 aliphatic heterocycles. The molecule has 1 atom stereocenters. The molecule has 0 aromatic rings. The lowest BCUT2D eigenvalue weighted by molar-refractivity contribution is -0.167. The molecule has 0 aliphatic carbocycles. The third kappa shape index (κ3) is 44.9. The third-order valence-corrected chi connectivity index (χ3v) is 9.47. The molecule has 0 aliphatic rings. The number of allylic oxidation sites excluding steroid dienone is 20. The quantitative estimate of drug-likeness (QED) is 0.0265. The van der Waals surface area contributed by atoms with Crippen molar-refractivity contribution in [2.24, 2.45) is 0 Å². The van der Waals surface area contributed by atoms with E-state index in [-0.39, 0.29) is 38.0 Å². The molecular formula is C54H84O6. The topological polar surface area (TPSA) is 78.9 Å². The summed E-state index contributed by atoms with van der Waals surface area (Å²) in [5, 5.41) is 0. The van der Waals surface area contributed by atoms with Crippen LogP contribution < -0.4 is 0 Å². The normalized spacial score (nSPS) is 13.2. The number of carbonyl (C=O) groups excluding carboxylic acids is 3. The van der Waals surface area contributed by atoms with Crippen LogP contribution >= 0.6 is 0 Å². The van der Waals surface area contributed by atoms with Crippen molar-refractivity contribution in [3.8, 4) is 0 Å². The Hall–Kier alpha value is -4.19. The van der Waals surface area contributed by atoms with Gasteiger partial charge < -0.3 is 14.2 Å². The van der Waals surface area contributed by atoms with E-state index in [2.05, 4.69) is 32.9 Å². The van der Waals surface area contributed by atoms with Gasteiger partial charge in [0.25, 0.3) is 0 Å². The lowest BCUT2D eigenvalue weighted by Gasteiger charge is -2.18. The zero-order chi connectivity index (χ0) is 43.7. The Morgan fingerprint density at radius 1 is 0.350 bits per heavy atom. The Kier molecular flexibility index (Phi) is 44.2. The van der Waals surface area contributed by atoms with Crippen molar-refractivity contribution in [2.45, 2.75) is 187 Å². The SMILES string of the molecule is CC\C=C/C=C\C=C/C=C\C=C/CCCC(=O)OCC(COC(=O)CCCCCCCCCCCCCCCCCC)OC(=O)CCC\C=C/C=C\C=C/C=C\C=C/CC. The van der Waals surface area contributed by atoms with Crippen LogP contribution in [-0.2, 0) is 28.6 Å². The first-order valence-electron chi connectivity index (χ1n) is 23.7. The van der Waals surface area contributed by atoms with Crippen molar-refractivity contribution >= 4 is 17.9 Å². The maximum Gasteiger partial charge on any atom is 0.306 e. The first-order valence-corrected chi connectivity index (χ1v) is 23.7. The summed E-state index contributed by atoms with van der Waals surface area (Å²) in [6.07, 6.45) is 64.9. The molecule has 0 heterocycles. The fraction of sp³-hybridized carbons (Fsp3) is 0.574. The molecule has 0 bridgehead atoms. The van der Waals surface area contributed by atoms with E-state index in [1.165, 1.54) is 83.5 Å². The van der Waals surface area contributed by atoms with Crippen molar-refractivity contribution in [1.29, 1.82) is 0 Å². The highest BCUT2D eigenvalue weighted by molar-refractivity contribution is 5.71. The standard InChI is InChI=1S/C54H84O6/c1-4-7-10-13-16-19-22-25-26-27-30-32-35-38-41-44-47-53(56)59-50-51(60-54(57)48-45-42-39-36-33-29-24-21-18-15-12-9-6-3)49-58-52(55)46-43-40-37-34-31-28-23-20-17-14-11-8-5-2/h8-9,11-12,14-15,17-18,20-21,23-24,28-29,31,33-34,36-37,39,51H,4-7,10,13,16,19,22,25-27,30,32,35,38,40-50H2,1-3H3/b11-8-,12-9-,17-14-,18-15-,23-20-,24-21-,31-28-,33-29-,37-34-,39-36-. The number of esters is 3. The van der Waals surface area contributed by atoms with Crippen molar-refractivity contribution in [3.05, 3.63) is 122 Å². The van der Waals surface area contributed by atoms with Crippen LogP contribution in [0, 0.1) is 0 Å². The minimum atomic E-state index is -0.844. The second-order valence-electron chi connectivity index (χ2n) is 15.2. The van der Waals surface area contributed by atoms with Gasteiger partial charge in [0.2, 0.25) is 0 Å². The van der Waals surface area contributed by atoms with Crippen LogP contribution in [0.1, 0.15) is 181 Å². The zero-order valence-corrected chi connectivity index (χ0v) is 38.2. The monoisotopic (exact) mass is 829 g/mol. The van der Waals surface area contributed by atoms with Gasteiger partial charge in [-0.3, -0.25) is 14.4 Å². The number of ether oxygens (including phenoxy) is 3. The molecule has 0 spiro atoms. The lowest BCUT2D eigenvalue weighted by atomic mass is 10.0. The molecule has 6 heteroatoms. The second-order valence-corrected chi connectivity index (χ2v) is 15.2. The summed E-state index contributed by atoms with van der Waals surface area (Å²) in [5.74, 6) is -1.09. The van der Waals surface area contributed by atoms with Gasteiger partial charge in [-0.05, 0) is 44.9 Å². The summed E-state index contributed by atoms with van der Waals surface area (Å²) in [7, 11) is 0. The summed E-state index contributed by atoms with van der Waals surface area (Å²) in [4.78, 5) is 37.8. The molecule has 0 amide bonds. The van der Waals surface area contributed by atoms with Crippen LogP contribution in [0.3, 0.4) is 0 Å². The highest BCUT2D eigenvalue weighted by Crippen LogP contribution is 2.14. The van der Waals surface area contributed by atoms with Gasteiger partial charge in [-0.2, -0.15) is 0 Å². The predicted molar refractivity (Wildman–Crippen MR) is 256 cm³/mol. The van der Waals surface area contributed by atoms with Crippen LogP contribution in [0.2, 0.25) is 0 Å². The van der Waals surface area contributed by atoms with E-state index in [9.17, 15) is 14.4 Å². The van der Waals surface area contributed by atoms with E-state index in [0.717, 1.165) is 38.5 Å². The van der Waals surface area contributed by atoms with E-state index in [1.54, 1.807) is 0 Å². The van der Waals surface area contributed by atoms with Crippen molar-refractivity contribution in [3.63, 3.8) is 0 Å². The first kappa shape index (κ1) is 55.8. The third-order valence-electron chi connectivity index (χ3n) is 9.47. The van der Waals surface area contributed by atoms with Crippen LogP contribution in [0.15, 0.2) is 122 Å². The molecule has 0 fully saturated rings. The van der Waals surface area contributed by atoms with E-state index < -0.39 is 12.1 Å². The highest BCUT2D eigenvalue weighted by Gasteiger charge is 2.19. The van der Waals surface area contributed by atoms with Crippen LogP contribution in [0.25, 0.3) is 0 Å². The molecular weight excluding hydrogens is 745 g/mol. The van der Waals surface area contributed by atoms with Gasteiger partial charge in [0.05, 0.1) is 0 Å². The number of unbranched alkanes of at least 4 members (excludes halogenated alkanes) is 17. The molecule has 0 saturated carbocycles. The Morgan fingerprint density at radius 2 is 0.650 bits per heavy atom. The summed E-state index contributed by atoms with van der Waals surface area (Å²) in [6.45, 7) is 6.20. The number of rotatable bonds is 40. The van der Waals surface area contributed by atoms with E-state index in [1.807, 2.05) is 109 Å². The summed E-state index contributed by atoms with van der Waals surface area (Å²) < 4.78 is 16.6. The molecule has 60 heavy (non-hydrogen) atoms. The average Bonchev–Trinajstić information content (AvgIpc) is 3.24. The summed E-state index contributed by atoms with van der Waals surface area (Å²) in [5.41, 5.74) is 0. The van der Waals surface area contributed by atoms with Gasteiger partial charge in [0, 0.05) is 19.3 Å². The molecule has 0 rings (SSSR count). The molecule has 0 radical (unpaired) electrons. The summed E-state index contributed by atoms with van der Waals surface area (Å²) >= 11 is 0. The van der Waals surface area contributed by atoms with Gasteiger partial charge in [-0.25, -0.2) is 0 Å². The number of hydrogen-bond acceptors (Lipinski definition) is 6. The highest BCUT2D eigenvalue weighted by atomic mass is 16.6. The first-order chi connectivity index (χ1) is 29.5. The molecule has 6 nitrogen and oxygen atoms in total. The predicted octanol–water partition coefficient (Wildman–Crippen LogP) is 15.4. The number of hydrogen-bond donors (Lipinski definition) is 0. The largest absolute Gasteiger partial charge is 0.462 e. The van der Waals surface area contributed by atoms with E-state index >= 15 is 0 Å². The lowest BCUT2D eigenvalue weighted by Crippen LogP contribution is -2.30. The second kappa shape index (κ2) is 47.5. The smallest absolute Gasteiger partial charge is 0.306 e. The van der Waals surface area contributed by atoms with Crippen molar-refractivity contribution in [1.82, 2.24) is 0 Å². The molecule has 0 aromatic carbocycles. The fourth-order valence-corrected chi connectivity index (χ4v) is 5.97. The summed E-state index contributed by atoms with van der Waals surface area (Å²) in [6, 6.07) is 0. The van der Waals surface area contributed by atoms with Gasteiger partial charge in [-0.1, -0.05) is 239 Å². The van der Waals surface area contributed by atoms with E-state index in [4.69, 9.17) is 14.2 Å². The zero-order valence-electron chi connectivity index (χ0n) is 38.2. The Balaban J connectivity index is 4.58. The molecule has 0 saturated heterocycles. The molecule has 0 aromatic heterocycles. The minimum absolute atomic E-state index is 0.131. The van der Waals surface area contributed by atoms with Gasteiger partial charge in [-0.15, -0.1) is 0 Å². The van der Waals surface area contributed by atoms with Crippen molar-refractivity contribution in [2.75, 3.05) is 13.2 Å². The van der Waals surface area contributed by atoms with Gasteiger partial charge in [0.1, 0.15) is 13.2 Å². The Bertz CT molecular complexity index is 1320. The van der Waals surface area contributed by atoms with Gasteiger partial charge in [0.15, 0.2) is 6.10 Å². The molecule has 1 unspecified atom stereocenters. The van der Waals surface area contributed by atoms with E-state index in [0.29, 0.717) is 25.7 Å². The Labute approximate surface area is 367 Å². The maximum atomic E-state index is 12.7. The van der Waals surface area contributed by atoms with Crippen LogP contribution in [0.5, 0.6) is 0 Å². The average molecular weight is 829 g/mol. The van der Waals surface area contributed by atoms with Crippen LogP contribution in [-0.4, -0.2) is 37.2 Å². The maximum absolute atomic E-state index is 12.7. The number of carbonyl (C=O) groups is 3. The molecule has 336 valence electrons. The Morgan fingerprint density at radius 3 is 1.02 bits per heavy atom. The fourth-order valence-electron chi connectivity index (χ4n) is 5.97. The van der Waals surface area contributed by atoms with Gasteiger partial charge >= 0.3 is 17.9 Å². The van der Waals surface area contributed by atoms with Crippen LogP contribution in [0.4, 0.5) is 0 Å². The van der Waals surface area contributed by atoms with Crippen molar-refractivity contribution < 1.29 is 28.6 Å².